The lowest BCUT2D eigenvalue weighted by Gasteiger charge is -2.13. The van der Waals surface area contributed by atoms with Gasteiger partial charge in [-0.25, -0.2) is 5.43 Å². The fourth-order valence-corrected chi connectivity index (χ4v) is 3.93. The van der Waals surface area contributed by atoms with E-state index in [1.807, 2.05) is 60.7 Å². The molecule has 0 unspecified atom stereocenters. The second kappa shape index (κ2) is 11.9. The maximum absolute atomic E-state index is 12.2. The van der Waals surface area contributed by atoms with Gasteiger partial charge >= 0.3 is 0 Å². The number of amides is 1. The van der Waals surface area contributed by atoms with E-state index in [4.69, 9.17) is 14.2 Å². The summed E-state index contributed by atoms with van der Waals surface area (Å²) in [5, 5.41) is 15.3. The molecule has 4 rings (SSSR count). The summed E-state index contributed by atoms with van der Waals surface area (Å²) in [4.78, 5) is 12.2. The molecule has 0 heterocycles. The van der Waals surface area contributed by atoms with Crippen molar-refractivity contribution in [2.45, 2.75) is 6.61 Å². The van der Waals surface area contributed by atoms with Gasteiger partial charge in [0, 0.05) is 21.0 Å². The molecule has 0 radical (unpaired) electrons. The molecule has 0 aromatic heterocycles. The summed E-state index contributed by atoms with van der Waals surface area (Å²) < 4.78 is 17.7. The standard InChI is InChI=1S/C28H22BrN3O4/c1-34-26-13-22(24(29)14-27(26)35-17-21-9-3-2-8-20(21)15-30)16-31-32-28(33)18-36-25-12-6-10-19-7-4-5-11-23(19)25/h2-14,16H,17-18H2,1H3,(H,32,33)/b31-16-. The van der Waals surface area contributed by atoms with Gasteiger partial charge in [-0.1, -0.05) is 54.6 Å². The molecule has 0 aliphatic carbocycles. The number of nitrogens with zero attached hydrogens (tertiary/aromatic N) is 2. The van der Waals surface area contributed by atoms with Gasteiger partial charge in [-0.05, 0) is 45.6 Å². The average molecular weight is 544 g/mol. The van der Waals surface area contributed by atoms with Crippen LogP contribution in [0.1, 0.15) is 16.7 Å². The van der Waals surface area contributed by atoms with Crippen LogP contribution in [-0.4, -0.2) is 25.8 Å². The molecule has 4 aromatic rings. The van der Waals surface area contributed by atoms with Gasteiger partial charge in [0.1, 0.15) is 12.4 Å². The third-order valence-electron chi connectivity index (χ3n) is 5.31. The quantitative estimate of drug-likeness (QED) is 0.219. The molecule has 180 valence electrons. The minimum Gasteiger partial charge on any atom is -0.493 e. The van der Waals surface area contributed by atoms with E-state index in [-0.39, 0.29) is 13.2 Å². The Bertz CT molecular complexity index is 1460. The van der Waals surface area contributed by atoms with Crippen LogP contribution in [0.4, 0.5) is 0 Å². The molecular formula is C28H22BrN3O4. The number of fused-ring (bicyclic) bond motifs is 1. The number of nitrogens with one attached hydrogen (secondary N) is 1. The molecule has 0 saturated heterocycles. The summed E-state index contributed by atoms with van der Waals surface area (Å²) >= 11 is 3.50. The Kier molecular flexibility index (Phi) is 8.16. The molecule has 8 heteroatoms. The van der Waals surface area contributed by atoms with Crippen LogP contribution < -0.4 is 19.6 Å². The van der Waals surface area contributed by atoms with Gasteiger partial charge in [-0.3, -0.25) is 4.79 Å². The Morgan fingerprint density at radius 2 is 1.78 bits per heavy atom. The highest BCUT2D eigenvalue weighted by atomic mass is 79.9. The number of hydrogen-bond acceptors (Lipinski definition) is 6. The Morgan fingerprint density at radius 1 is 1.00 bits per heavy atom. The number of hydrazone groups is 1. The number of carbonyl (C=O) groups excluding carboxylic acids is 1. The van der Waals surface area contributed by atoms with Crippen molar-refractivity contribution < 1.29 is 19.0 Å². The van der Waals surface area contributed by atoms with Crippen molar-refractivity contribution in [3.63, 3.8) is 0 Å². The second-order valence-electron chi connectivity index (χ2n) is 7.64. The van der Waals surface area contributed by atoms with Crippen molar-refractivity contribution >= 4 is 38.8 Å². The van der Waals surface area contributed by atoms with Gasteiger partial charge in [0.05, 0.1) is 25.0 Å². The van der Waals surface area contributed by atoms with Crippen LogP contribution in [0.15, 0.2) is 88.4 Å². The molecule has 36 heavy (non-hydrogen) atoms. The minimum atomic E-state index is -0.390. The lowest BCUT2D eigenvalue weighted by molar-refractivity contribution is -0.123. The Balaban J connectivity index is 1.37. The van der Waals surface area contributed by atoms with Crippen molar-refractivity contribution in [2.24, 2.45) is 5.10 Å². The van der Waals surface area contributed by atoms with E-state index < -0.39 is 5.91 Å². The van der Waals surface area contributed by atoms with Crippen molar-refractivity contribution in [1.82, 2.24) is 5.43 Å². The summed E-state index contributed by atoms with van der Waals surface area (Å²) in [6, 6.07) is 26.4. The number of benzene rings is 4. The van der Waals surface area contributed by atoms with E-state index in [0.717, 1.165) is 16.3 Å². The third-order valence-corrected chi connectivity index (χ3v) is 5.99. The predicted octanol–water partition coefficient (Wildman–Crippen LogP) is 5.59. The largest absolute Gasteiger partial charge is 0.493 e. The number of rotatable bonds is 9. The van der Waals surface area contributed by atoms with Gasteiger partial charge in [0.25, 0.3) is 5.91 Å². The van der Waals surface area contributed by atoms with Crippen molar-refractivity contribution in [3.8, 4) is 23.3 Å². The molecule has 1 N–H and O–H groups in total. The lowest BCUT2D eigenvalue weighted by atomic mass is 10.1. The highest BCUT2D eigenvalue weighted by Gasteiger charge is 2.11. The SMILES string of the molecule is COc1cc(/C=N\NC(=O)COc2cccc3ccccc23)c(Br)cc1OCc1ccccc1C#N. The number of hydrogen-bond donors (Lipinski definition) is 1. The van der Waals surface area contributed by atoms with Crippen LogP contribution in [-0.2, 0) is 11.4 Å². The van der Waals surface area contributed by atoms with Gasteiger partial charge in [-0.2, -0.15) is 10.4 Å². The van der Waals surface area contributed by atoms with Crippen LogP contribution >= 0.6 is 15.9 Å². The fourth-order valence-electron chi connectivity index (χ4n) is 3.50. The Hall–Kier alpha value is -4.35. The van der Waals surface area contributed by atoms with E-state index in [1.165, 1.54) is 13.3 Å². The number of methoxy groups -OCH3 is 1. The minimum absolute atomic E-state index is 0.174. The number of carbonyl (C=O) groups is 1. The lowest BCUT2D eigenvalue weighted by Crippen LogP contribution is -2.24. The average Bonchev–Trinajstić information content (AvgIpc) is 2.91. The first kappa shape index (κ1) is 24.8. The van der Waals surface area contributed by atoms with E-state index in [2.05, 4.69) is 32.5 Å². The zero-order chi connectivity index (χ0) is 25.3. The summed E-state index contributed by atoms with van der Waals surface area (Å²) in [7, 11) is 1.53. The maximum atomic E-state index is 12.2. The highest BCUT2D eigenvalue weighted by molar-refractivity contribution is 9.10. The summed E-state index contributed by atoms with van der Waals surface area (Å²) in [5.74, 6) is 1.23. The first-order valence-electron chi connectivity index (χ1n) is 11.0. The van der Waals surface area contributed by atoms with Crippen molar-refractivity contribution in [3.05, 3.63) is 100 Å². The molecule has 0 aliphatic rings. The molecule has 0 spiro atoms. The molecular weight excluding hydrogens is 522 g/mol. The van der Waals surface area contributed by atoms with E-state index in [0.29, 0.717) is 32.8 Å². The van der Waals surface area contributed by atoms with E-state index >= 15 is 0 Å². The van der Waals surface area contributed by atoms with Crippen LogP contribution in [0, 0.1) is 11.3 Å². The van der Waals surface area contributed by atoms with Gasteiger partial charge in [-0.15, -0.1) is 0 Å². The van der Waals surface area contributed by atoms with E-state index in [9.17, 15) is 10.1 Å². The summed E-state index contributed by atoms with van der Waals surface area (Å²) in [6.07, 6.45) is 1.50. The molecule has 1 amide bonds. The van der Waals surface area contributed by atoms with Crippen molar-refractivity contribution in [1.29, 1.82) is 5.26 Å². The molecule has 0 bridgehead atoms. The molecule has 0 atom stereocenters. The van der Waals surface area contributed by atoms with Crippen LogP contribution in [0.25, 0.3) is 10.8 Å². The number of halogens is 1. The molecule has 4 aromatic carbocycles. The highest BCUT2D eigenvalue weighted by Crippen LogP contribution is 2.33. The van der Waals surface area contributed by atoms with Crippen LogP contribution in [0.3, 0.4) is 0 Å². The third kappa shape index (κ3) is 6.01. The molecule has 0 saturated carbocycles. The first-order valence-corrected chi connectivity index (χ1v) is 11.8. The summed E-state index contributed by atoms with van der Waals surface area (Å²) in [5.41, 5.74) is 4.47. The molecule has 7 nitrogen and oxygen atoms in total. The number of nitriles is 1. The zero-order valence-electron chi connectivity index (χ0n) is 19.4. The van der Waals surface area contributed by atoms with E-state index in [1.54, 1.807) is 18.2 Å². The summed E-state index contributed by atoms with van der Waals surface area (Å²) in [6.45, 7) is 0.0412. The Morgan fingerprint density at radius 3 is 2.61 bits per heavy atom. The normalized spacial score (nSPS) is 10.7. The van der Waals surface area contributed by atoms with Gasteiger partial charge in [0.2, 0.25) is 0 Å². The topological polar surface area (TPSA) is 92.9 Å². The Labute approximate surface area is 217 Å². The smallest absolute Gasteiger partial charge is 0.277 e. The maximum Gasteiger partial charge on any atom is 0.277 e. The fraction of sp³-hybridized carbons (Fsp3) is 0.107. The zero-order valence-corrected chi connectivity index (χ0v) is 21.0. The second-order valence-corrected chi connectivity index (χ2v) is 8.50. The molecule has 0 aliphatic heterocycles. The van der Waals surface area contributed by atoms with Crippen molar-refractivity contribution in [2.75, 3.05) is 13.7 Å². The first-order chi connectivity index (χ1) is 17.6. The predicted molar refractivity (Wildman–Crippen MR) is 141 cm³/mol. The van der Waals surface area contributed by atoms with Crippen LogP contribution in [0.2, 0.25) is 0 Å². The molecule has 0 fully saturated rings. The van der Waals surface area contributed by atoms with Gasteiger partial charge < -0.3 is 14.2 Å². The van der Waals surface area contributed by atoms with Crippen LogP contribution in [0.5, 0.6) is 17.2 Å². The number of ether oxygens (including phenoxy) is 3. The van der Waals surface area contributed by atoms with Gasteiger partial charge in [0.15, 0.2) is 18.1 Å². The monoisotopic (exact) mass is 543 g/mol.